The van der Waals surface area contributed by atoms with Crippen LogP contribution in [0, 0.1) is 0 Å². The van der Waals surface area contributed by atoms with Gasteiger partial charge in [0, 0.05) is 33.2 Å². The topological polar surface area (TPSA) is 43.9 Å². The molecule has 1 saturated heterocycles. The lowest BCUT2D eigenvalue weighted by molar-refractivity contribution is -0.136. The van der Waals surface area contributed by atoms with Crippen molar-refractivity contribution in [3.8, 4) is 0 Å². The van der Waals surface area contributed by atoms with E-state index in [4.69, 9.17) is 0 Å². The van der Waals surface area contributed by atoms with Gasteiger partial charge in [0.05, 0.1) is 5.57 Å². The monoisotopic (exact) mass is 299 g/mol. The Kier molecular flexibility index (Phi) is 3.98. The maximum absolute atomic E-state index is 12.5. The van der Waals surface area contributed by atoms with Crippen LogP contribution in [0.3, 0.4) is 0 Å². The van der Waals surface area contributed by atoms with Gasteiger partial charge in [0.15, 0.2) is 0 Å². The minimum atomic E-state index is -0.205. The van der Waals surface area contributed by atoms with Gasteiger partial charge in [-0.05, 0) is 12.1 Å². The maximum atomic E-state index is 12.5. The molecular formula is C17H21N3O2. The van der Waals surface area contributed by atoms with Crippen LogP contribution in [0.5, 0.6) is 0 Å². The van der Waals surface area contributed by atoms with Crippen molar-refractivity contribution in [1.82, 2.24) is 14.7 Å². The smallest absolute Gasteiger partial charge is 0.277 e. The lowest BCUT2D eigenvalue weighted by Crippen LogP contribution is -2.47. The van der Waals surface area contributed by atoms with Crippen LogP contribution in [0.2, 0.25) is 0 Å². The summed E-state index contributed by atoms with van der Waals surface area (Å²) < 4.78 is 0. The fourth-order valence-electron chi connectivity index (χ4n) is 3.07. The highest BCUT2D eigenvalue weighted by Gasteiger charge is 2.39. The average Bonchev–Trinajstić information content (AvgIpc) is 2.80. The summed E-state index contributed by atoms with van der Waals surface area (Å²) in [5.41, 5.74) is 1.92. The highest BCUT2D eigenvalue weighted by atomic mass is 16.2. The van der Waals surface area contributed by atoms with Crippen LogP contribution in [-0.2, 0) is 9.59 Å². The Hall–Kier alpha value is -2.14. The molecule has 1 aromatic carbocycles. The van der Waals surface area contributed by atoms with E-state index in [0.717, 1.165) is 38.3 Å². The molecule has 0 N–H and O–H groups in total. The summed E-state index contributed by atoms with van der Waals surface area (Å²) in [5, 5.41) is 0. The third-order valence-electron chi connectivity index (χ3n) is 4.46. The van der Waals surface area contributed by atoms with Gasteiger partial charge in [-0.3, -0.25) is 14.5 Å². The number of hydrogen-bond donors (Lipinski definition) is 0. The molecule has 22 heavy (non-hydrogen) atoms. The molecule has 2 amide bonds. The van der Waals surface area contributed by atoms with Gasteiger partial charge in [0.2, 0.25) is 0 Å². The number of piperazine rings is 1. The van der Waals surface area contributed by atoms with Gasteiger partial charge in [0.25, 0.3) is 11.8 Å². The Bertz CT molecular complexity index is 616. The molecule has 0 atom stereocenters. The van der Waals surface area contributed by atoms with E-state index in [1.807, 2.05) is 30.3 Å². The molecule has 1 fully saturated rings. The van der Waals surface area contributed by atoms with Crippen molar-refractivity contribution in [2.45, 2.75) is 6.92 Å². The first kappa shape index (κ1) is 14.8. The molecule has 0 bridgehead atoms. The molecule has 0 spiro atoms. The summed E-state index contributed by atoms with van der Waals surface area (Å²) in [4.78, 5) is 30.7. The molecule has 0 aliphatic carbocycles. The van der Waals surface area contributed by atoms with E-state index < -0.39 is 0 Å². The highest BCUT2D eigenvalue weighted by molar-refractivity contribution is 6.35. The number of benzene rings is 1. The summed E-state index contributed by atoms with van der Waals surface area (Å²) in [6.45, 7) is 6.58. The Morgan fingerprint density at radius 2 is 1.59 bits per heavy atom. The highest BCUT2D eigenvalue weighted by Crippen LogP contribution is 2.31. The molecule has 3 rings (SSSR count). The first-order valence-corrected chi connectivity index (χ1v) is 7.73. The zero-order valence-electron chi connectivity index (χ0n) is 13.1. The molecule has 0 radical (unpaired) electrons. The van der Waals surface area contributed by atoms with Gasteiger partial charge in [-0.2, -0.15) is 0 Å². The largest absolute Gasteiger partial charge is 0.364 e. The fraction of sp³-hybridized carbons (Fsp3) is 0.412. The van der Waals surface area contributed by atoms with Crippen molar-refractivity contribution < 1.29 is 9.59 Å². The minimum Gasteiger partial charge on any atom is -0.364 e. The molecule has 5 heteroatoms. The van der Waals surface area contributed by atoms with E-state index in [9.17, 15) is 9.59 Å². The standard InChI is InChI=1S/C17H21N3O2/c1-3-19-9-11-20(12-10-19)15-14(13-7-5-4-6-8-13)16(21)18(2)17(15)22/h4-8H,3,9-12H2,1-2H3. The number of rotatable bonds is 3. The molecule has 116 valence electrons. The lowest BCUT2D eigenvalue weighted by Gasteiger charge is -2.35. The second kappa shape index (κ2) is 5.93. The first-order valence-electron chi connectivity index (χ1n) is 7.73. The first-order chi connectivity index (χ1) is 10.6. The van der Waals surface area contributed by atoms with Crippen LogP contribution in [0.4, 0.5) is 0 Å². The van der Waals surface area contributed by atoms with Crippen molar-refractivity contribution in [3.63, 3.8) is 0 Å². The second-order valence-corrected chi connectivity index (χ2v) is 5.68. The van der Waals surface area contributed by atoms with Crippen LogP contribution in [-0.4, -0.2) is 66.3 Å². The van der Waals surface area contributed by atoms with Gasteiger partial charge >= 0.3 is 0 Å². The molecule has 2 aliphatic rings. The normalized spacial score (nSPS) is 20.3. The predicted molar refractivity (Wildman–Crippen MR) is 84.8 cm³/mol. The van der Waals surface area contributed by atoms with E-state index in [-0.39, 0.29) is 11.8 Å². The van der Waals surface area contributed by atoms with Crippen LogP contribution in [0.25, 0.3) is 5.57 Å². The SMILES string of the molecule is CCN1CCN(C2=C(c3ccccc3)C(=O)N(C)C2=O)CC1. The Labute approximate surface area is 130 Å². The molecule has 0 unspecified atom stereocenters. The van der Waals surface area contributed by atoms with E-state index in [0.29, 0.717) is 11.3 Å². The second-order valence-electron chi connectivity index (χ2n) is 5.68. The quantitative estimate of drug-likeness (QED) is 0.782. The van der Waals surface area contributed by atoms with Crippen LogP contribution in [0.1, 0.15) is 12.5 Å². The molecule has 0 aromatic heterocycles. The zero-order chi connectivity index (χ0) is 15.7. The number of likely N-dealkylation sites (N-methyl/N-ethyl adjacent to an activating group) is 2. The van der Waals surface area contributed by atoms with Crippen molar-refractivity contribution >= 4 is 17.4 Å². The molecular weight excluding hydrogens is 278 g/mol. The number of imide groups is 1. The third kappa shape index (κ3) is 2.41. The summed E-state index contributed by atoms with van der Waals surface area (Å²) >= 11 is 0. The molecule has 0 saturated carbocycles. The van der Waals surface area contributed by atoms with E-state index in [1.54, 1.807) is 7.05 Å². The summed E-state index contributed by atoms with van der Waals surface area (Å²) in [6.07, 6.45) is 0. The van der Waals surface area contributed by atoms with Gasteiger partial charge in [0.1, 0.15) is 5.70 Å². The van der Waals surface area contributed by atoms with Gasteiger partial charge < -0.3 is 9.80 Å². The maximum Gasteiger partial charge on any atom is 0.277 e. The summed E-state index contributed by atoms with van der Waals surface area (Å²) in [7, 11) is 1.56. The molecule has 2 aliphatic heterocycles. The number of nitrogens with zero attached hydrogens (tertiary/aromatic N) is 3. The van der Waals surface area contributed by atoms with Gasteiger partial charge in [-0.1, -0.05) is 37.3 Å². The average molecular weight is 299 g/mol. The van der Waals surface area contributed by atoms with Crippen LogP contribution in [0.15, 0.2) is 36.0 Å². The van der Waals surface area contributed by atoms with Crippen molar-refractivity contribution in [3.05, 3.63) is 41.6 Å². The summed E-state index contributed by atoms with van der Waals surface area (Å²) in [6, 6.07) is 9.48. The third-order valence-corrected chi connectivity index (χ3v) is 4.46. The molecule has 2 heterocycles. The number of hydrogen-bond acceptors (Lipinski definition) is 4. The van der Waals surface area contributed by atoms with Crippen molar-refractivity contribution in [2.24, 2.45) is 0 Å². The van der Waals surface area contributed by atoms with Crippen molar-refractivity contribution in [1.29, 1.82) is 0 Å². The minimum absolute atomic E-state index is 0.186. The molecule has 1 aromatic rings. The van der Waals surface area contributed by atoms with E-state index in [1.165, 1.54) is 4.90 Å². The number of amides is 2. The van der Waals surface area contributed by atoms with E-state index in [2.05, 4.69) is 16.7 Å². The fourth-order valence-corrected chi connectivity index (χ4v) is 3.07. The number of carbonyl (C=O) groups excluding carboxylic acids is 2. The Morgan fingerprint density at radius 1 is 0.955 bits per heavy atom. The summed E-state index contributed by atoms with van der Waals surface area (Å²) in [5.74, 6) is -0.391. The molecule has 5 nitrogen and oxygen atoms in total. The Balaban J connectivity index is 1.98. The van der Waals surface area contributed by atoms with Gasteiger partial charge in [-0.25, -0.2) is 0 Å². The van der Waals surface area contributed by atoms with Crippen LogP contribution < -0.4 is 0 Å². The van der Waals surface area contributed by atoms with Gasteiger partial charge in [-0.15, -0.1) is 0 Å². The Morgan fingerprint density at radius 3 is 2.18 bits per heavy atom. The predicted octanol–water partition coefficient (Wildman–Crippen LogP) is 1.03. The van der Waals surface area contributed by atoms with Crippen LogP contribution >= 0.6 is 0 Å². The van der Waals surface area contributed by atoms with E-state index >= 15 is 0 Å². The van der Waals surface area contributed by atoms with Crippen molar-refractivity contribution in [2.75, 3.05) is 39.8 Å². The number of carbonyl (C=O) groups is 2. The lowest BCUT2D eigenvalue weighted by atomic mass is 10.0. The zero-order valence-corrected chi connectivity index (χ0v) is 13.1.